The summed E-state index contributed by atoms with van der Waals surface area (Å²) in [6.07, 6.45) is 5.57. The molecule has 0 bridgehead atoms. The second kappa shape index (κ2) is 7.39. The molecule has 2 aromatic rings. The maximum absolute atomic E-state index is 5.80. The molecule has 0 aromatic heterocycles. The van der Waals surface area contributed by atoms with Gasteiger partial charge in [-0.1, -0.05) is 65.3 Å². The molecular weight excluding hydrogens is 258 g/mol. The molecule has 0 aliphatic heterocycles. The zero-order chi connectivity index (χ0) is 13.3. The third kappa shape index (κ3) is 4.98. The Hall–Kier alpha value is -2.06. The Bertz CT molecular complexity index is 547. The molecular formula is C16H14ClNO. The minimum absolute atomic E-state index is 0.436. The van der Waals surface area contributed by atoms with Gasteiger partial charge in [0.1, 0.15) is 6.61 Å². The Morgan fingerprint density at radius 3 is 2.42 bits per heavy atom. The van der Waals surface area contributed by atoms with E-state index >= 15 is 0 Å². The van der Waals surface area contributed by atoms with Crippen molar-refractivity contribution >= 4 is 23.9 Å². The monoisotopic (exact) mass is 271 g/mol. The maximum Gasteiger partial charge on any atom is 0.135 e. The van der Waals surface area contributed by atoms with Gasteiger partial charge in [-0.2, -0.15) is 0 Å². The number of hydrogen-bond acceptors (Lipinski definition) is 2. The van der Waals surface area contributed by atoms with Crippen LogP contribution in [0.2, 0.25) is 5.02 Å². The van der Waals surface area contributed by atoms with E-state index in [1.807, 2.05) is 66.7 Å². The van der Waals surface area contributed by atoms with Crippen LogP contribution in [-0.4, -0.2) is 12.8 Å². The molecule has 0 amide bonds. The van der Waals surface area contributed by atoms with Gasteiger partial charge in [0.15, 0.2) is 0 Å². The number of oxime groups is 1. The fourth-order valence-electron chi connectivity index (χ4n) is 1.48. The average molecular weight is 272 g/mol. The first-order valence-electron chi connectivity index (χ1n) is 5.97. The van der Waals surface area contributed by atoms with E-state index < -0.39 is 0 Å². The molecule has 0 aliphatic rings. The van der Waals surface area contributed by atoms with E-state index in [-0.39, 0.29) is 0 Å². The normalized spacial score (nSPS) is 11.2. The molecule has 0 heterocycles. The zero-order valence-corrected chi connectivity index (χ0v) is 11.1. The second-order valence-corrected chi connectivity index (χ2v) is 4.33. The van der Waals surface area contributed by atoms with Gasteiger partial charge in [0.25, 0.3) is 0 Å². The highest BCUT2D eigenvalue weighted by Crippen LogP contribution is 2.10. The van der Waals surface area contributed by atoms with Crippen LogP contribution in [0.1, 0.15) is 11.1 Å². The molecule has 2 rings (SSSR count). The van der Waals surface area contributed by atoms with Crippen LogP contribution < -0.4 is 0 Å². The van der Waals surface area contributed by atoms with Crippen molar-refractivity contribution in [2.75, 3.05) is 6.61 Å². The average Bonchev–Trinajstić information content (AvgIpc) is 2.46. The van der Waals surface area contributed by atoms with Crippen molar-refractivity contribution < 1.29 is 4.84 Å². The predicted molar refractivity (Wildman–Crippen MR) is 80.5 cm³/mol. The lowest BCUT2D eigenvalue weighted by Crippen LogP contribution is -1.85. The van der Waals surface area contributed by atoms with Gasteiger partial charge in [0.05, 0.1) is 6.21 Å². The Kier molecular flexibility index (Phi) is 5.20. The molecule has 0 N–H and O–H groups in total. The third-order valence-electron chi connectivity index (χ3n) is 2.43. The van der Waals surface area contributed by atoms with Gasteiger partial charge < -0.3 is 4.84 Å². The molecule has 0 atom stereocenters. The van der Waals surface area contributed by atoms with Crippen LogP contribution in [0.3, 0.4) is 0 Å². The summed E-state index contributed by atoms with van der Waals surface area (Å²) in [5, 5.41) is 4.63. The molecule has 3 heteroatoms. The van der Waals surface area contributed by atoms with Gasteiger partial charge in [-0.25, -0.2) is 0 Å². The summed E-state index contributed by atoms with van der Waals surface area (Å²) < 4.78 is 0. The summed E-state index contributed by atoms with van der Waals surface area (Å²) in [5.41, 5.74) is 2.10. The van der Waals surface area contributed by atoms with Crippen molar-refractivity contribution in [3.63, 3.8) is 0 Å². The summed E-state index contributed by atoms with van der Waals surface area (Å²) >= 11 is 5.80. The Balaban J connectivity index is 1.75. The summed E-state index contributed by atoms with van der Waals surface area (Å²) in [4.78, 5) is 5.14. The van der Waals surface area contributed by atoms with E-state index in [1.54, 1.807) is 6.21 Å². The van der Waals surface area contributed by atoms with Crippen molar-refractivity contribution in [1.82, 2.24) is 0 Å². The van der Waals surface area contributed by atoms with Crippen molar-refractivity contribution in [1.29, 1.82) is 0 Å². The summed E-state index contributed by atoms with van der Waals surface area (Å²) in [6.45, 7) is 0.436. The predicted octanol–water partition coefficient (Wildman–Crippen LogP) is 4.40. The molecule has 0 saturated carbocycles. The van der Waals surface area contributed by atoms with Crippen LogP contribution >= 0.6 is 11.6 Å². The topological polar surface area (TPSA) is 21.6 Å². The SMILES string of the molecule is Clc1ccc(/C=C/CO/N=C/c2ccccc2)cc1. The summed E-state index contributed by atoms with van der Waals surface area (Å²) in [5.74, 6) is 0. The lowest BCUT2D eigenvalue weighted by atomic mass is 10.2. The number of halogens is 1. The maximum atomic E-state index is 5.80. The van der Waals surface area contributed by atoms with Crippen LogP contribution in [0.25, 0.3) is 6.08 Å². The lowest BCUT2D eigenvalue weighted by Gasteiger charge is -1.95. The molecule has 0 radical (unpaired) electrons. The molecule has 0 saturated heterocycles. The minimum atomic E-state index is 0.436. The van der Waals surface area contributed by atoms with Crippen LogP contribution in [-0.2, 0) is 4.84 Å². The van der Waals surface area contributed by atoms with Crippen LogP contribution in [0.5, 0.6) is 0 Å². The molecule has 2 aromatic carbocycles. The van der Waals surface area contributed by atoms with Crippen molar-refractivity contribution in [3.05, 3.63) is 76.8 Å². The van der Waals surface area contributed by atoms with Crippen LogP contribution in [0.4, 0.5) is 0 Å². The Morgan fingerprint density at radius 1 is 0.947 bits per heavy atom. The number of nitrogens with zero attached hydrogens (tertiary/aromatic N) is 1. The first kappa shape index (κ1) is 13.4. The van der Waals surface area contributed by atoms with Gasteiger partial charge in [-0.3, -0.25) is 0 Å². The fourth-order valence-corrected chi connectivity index (χ4v) is 1.61. The zero-order valence-electron chi connectivity index (χ0n) is 10.4. The van der Waals surface area contributed by atoms with Gasteiger partial charge in [-0.15, -0.1) is 0 Å². The summed E-state index contributed by atoms with van der Waals surface area (Å²) in [6, 6.07) is 17.4. The Labute approximate surface area is 118 Å². The smallest absolute Gasteiger partial charge is 0.135 e. The largest absolute Gasteiger partial charge is 0.392 e. The molecule has 0 fully saturated rings. The standard InChI is InChI=1S/C16H14ClNO/c17-16-10-8-14(9-11-16)7-4-12-19-18-13-15-5-2-1-3-6-15/h1-11,13H,12H2/b7-4+,18-13+. The van der Waals surface area contributed by atoms with Crippen LogP contribution in [0.15, 0.2) is 65.8 Å². The number of benzene rings is 2. The minimum Gasteiger partial charge on any atom is -0.392 e. The molecule has 0 aliphatic carbocycles. The van der Waals surface area contributed by atoms with E-state index in [0.717, 1.165) is 16.1 Å². The van der Waals surface area contributed by atoms with Crippen molar-refractivity contribution in [2.45, 2.75) is 0 Å². The third-order valence-corrected chi connectivity index (χ3v) is 2.68. The molecule has 0 unspecified atom stereocenters. The number of hydrogen-bond donors (Lipinski definition) is 0. The van der Waals surface area contributed by atoms with Gasteiger partial charge in [0, 0.05) is 5.02 Å². The second-order valence-electron chi connectivity index (χ2n) is 3.89. The van der Waals surface area contributed by atoms with Gasteiger partial charge in [0.2, 0.25) is 0 Å². The van der Waals surface area contributed by atoms with Crippen LogP contribution in [0, 0.1) is 0 Å². The Morgan fingerprint density at radius 2 is 1.68 bits per heavy atom. The molecule has 0 spiro atoms. The van der Waals surface area contributed by atoms with Gasteiger partial charge in [-0.05, 0) is 29.3 Å². The van der Waals surface area contributed by atoms with Crippen molar-refractivity contribution in [3.8, 4) is 0 Å². The van der Waals surface area contributed by atoms with Gasteiger partial charge >= 0.3 is 0 Å². The first-order chi connectivity index (χ1) is 9.34. The number of rotatable bonds is 5. The van der Waals surface area contributed by atoms with Crippen molar-refractivity contribution in [2.24, 2.45) is 5.16 Å². The summed E-state index contributed by atoms with van der Waals surface area (Å²) in [7, 11) is 0. The quantitative estimate of drug-likeness (QED) is 0.449. The highest BCUT2D eigenvalue weighted by Gasteiger charge is 1.87. The molecule has 2 nitrogen and oxygen atoms in total. The van der Waals surface area contributed by atoms with E-state index in [1.165, 1.54) is 0 Å². The highest BCUT2D eigenvalue weighted by molar-refractivity contribution is 6.30. The first-order valence-corrected chi connectivity index (χ1v) is 6.35. The molecule has 96 valence electrons. The van der Waals surface area contributed by atoms with E-state index in [9.17, 15) is 0 Å². The van der Waals surface area contributed by atoms with E-state index in [0.29, 0.717) is 6.61 Å². The van der Waals surface area contributed by atoms with E-state index in [2.05, 4.69) is 5.16 Å². The highest BCUT2D eigenvalue weighted by atomic mass is 35.5. The lowest BCUT2D eigenvalue weighted by molar-refractivity contribution is 0.177. The van der Waals surface area contributed by atoms with E-state index in [4.69, 9.17) is 16.4 Å². The fraction of sp³-hybridized carbons (Fsp3) is 0.0625. The molecule has 19 heavy (non-hydrogen) atoms.